The van der Waals surface area contributed by atoms with E-state index in [0.29, 0.717) is 5.13 Å². The number of aromatic nitrogens is 1. The smallest absolute Gasteiger partial charge is 0.223 e. The molecule has 0 radical (unpaired) electrons. The van der Waals surface area contributed by atoms with E-state index in [2.05, 4.69) is 22.4 Å². The van der Waals surface area contributed by atoms with Crippen LogP contribution in [0.4, 0.5) is 5.13 Å². The Morgan fingerprint density at radius 1 is 0.952 bits per heavy atom. The first-order valence-corrected chi connectivity index (χ1v) is 7.45. The van der Waals surface area contributed by atoms with Gasteiger partial charge in [-0.1, -0.05) is 72.0 Å². The molecule has 1 N–H and O–H groups in total. The highest BCUT2D eigenvalue weighted by Crippen LogP contribution is 2.38. The van der Waals surface area contributed by atoms with Crippen LogP contribution in [0.5, 0.6) is 0 Å². The number of rotatable bonds is 3. The Morgan fingerprint density at radius 2 is 1.52 bits per heavy atom. The van der Waals surface area contributed by atoms with Crippen LogP contribution in [0.3, 0.4) is 0 Å². The van der Waals surface area contributed by atoms with Crippen molar-refractivity contribution in [2.75, 3.05) is 5.32 Å². The lowest BCUT2D eigenvalue weighted by Crippen LogP contribution is -2.04. The summed E-state index contributed by atoms with van der Waals surface area (Å²) in [7, 11) is 0. The van der Waals surface area contributed by atoms with E-state index in [1.807, 2.05) is 48.5 Å². The Labute approximate surface area is 127 Å². The zero-order valence-electron chi connectivity index (χ0n) is 11.5. The second-order valence-electron chi connectivity index (χ2n) is 4.61. The molecule has 0 saturated carbocycles. The molecule has 0 aliphatic carbocycles. The SMILES string of the molecule is CC(=O)Nc1nc(-c2ccccc2)c(-c2ccccc2)s1. The van der Waals surface area contributed by atoms with Gasteiger partial charge in [0, 0.05) is 12.5 Å². The van der Waals surface area contributed by atoms with E-state index in [-0.39, 0.29) is 5.91 Å². The van der Waals surface area contributed by atoms with Gasteiger partial charge in [-0.05, 0) is 5.56 Å². The van der Waals surface area contributed by atoms with Crippen LogP contribution >= 0.6 is 11.3 Å². The third-order valence-electron chi connectivity index (χ3n) is 2.99. The van der Waals surface area contributed by atoms with Crippen LogP contribution in [-0.2, 0) is 4.79 Å². The molecular weight excluding hydrogens is 280 g/mol. The average molecular weight is 294 g/mol. The number of carbonyl (C=O) groups excluding carboxylic acids is 1. The van der Waals surface area contributed by atoms with Crippen LogP contribution in [0, 0.1) is 0 Å². The molecule has 3 rings (SSSR count). The highest BCUT2D eigenvalue weighted by Gasteiger charge is 2.15. The Hall–Kier alpha value is -2.46. The molecule has 2 aromatic carbocycles. The number of carbonyl (C=O) groups is 1. The van der Waals surface area contributed by atoms with E-state index in [0.717, 1.165) is 21.7 Å². The van der Waals surface area contributed by atoms with Gasteiger partial charge in [0.1, 0.15) is 0 Å². The van der Waals surface area contributed by atoms with Crippen molar-refractivity contribution >= 4 is 22.4 Å². The highest BCUT2D eigenvalue weighted by atomic mass is 32.1. The summed E-state index contributed by atoms with van der Waals surface area (Å²) >= 11 is 1.49. The number of anilines is 1. The van der Waals surface area contributed by atoms with Crippen molar-refractivity contribution in [1.82, 2.24) is 4.98 Å². The fourth-order valence-electron chi connectivity index (χ4n) is 2.10. The minimum Gasteiger partial charge on any atom is -0.302 e. The van der Waals surface area contributed by atoms with E-state index in [9.17, 15) is 4.79 Å². The van der Waals surface area contributed by atoms with Crippen LogP contribution in [0.25, 0.3) is 21.7 Å². The molecule has 3 nitrogen and oxygen atoms in total. The first-order chi connectivity index (χ1) is 10.2. The standard InChI is InChI=1S/C17H14N2OS/c1-12(20)18-17-19-15(13-8-4-2-5-9-13)16(21-17)14-10-6-3-7-11-14/h2-11H,1H3,(H,18,19,20). The fourth-order valence-corrected chi connectivity index (χ4v) is 3.14. The van der Waals surface area contributed by atoms with Gasteiger partial charge in [0.2, 0.25) is 5.91 Å². The van der Waals surface area contributed by atoms with Crippen LogP contribution in [-0.4, -0.2) is 10.9 Å². The van der Waals surface area contributed by atoms with Crippen LogP contribution in [0.1, 0.15) is 6.92 Å². The maximum absolute atomic E-state index is 11.3. The van der Waals surface area contributed by atoms with E-state index >= 15 is 0 Å². The monoisotopic (exact) mass is 294 g/mol. The molecule has 1 heterocycles. The first kappa shape index (κ1) is 13.5. The number of benzene rings is 2. The molecule has 0 aliphatic rings. The van der Waals surface area contributed by atoms with Crippen LogP contribution < -0.4 is 5.32 Å². The molecule has 0 bridgehead atoms. The second-order valence-corrected chi connectivity index (χ2v) is 5.61. The molecule has 0 spiro atoms. The molecule has 0 saturated heterocycles. The third-order valence-corrected chi connectivity index (χ3v) is 4.01. The van der Waals surface area contributed by atoms with E-state index in [4.69, 9.17) is 0 Å². The summed E-state index contributed by atoms with van der Waals surface area (Å²) in [6.45, 7) is 1.49. The van der Waals surface area contributed by atoms with Crippen molar-refractivity contribution < 1.29 is 4.79 Å². The van der Waals surface area contributed by atoms with Crippen molar-refractivity contribution in [3.8, 4) is 21.7 Å². The largest absolute Gasteiger partial charge is 0.302 e. The number of thiazole rings is 1. The minimum absolute atomic E-state index is 0.108. The molecule has 104 valence electrons. The number of hydrogen-bond donors (Lipinski definition) is 1. The summed E-state index contributed by atoms with van der Waals surface area (Å²) in [6.07, 6.45) is 0. The van der Waals surface area contributed by atoms with Gasteiger partial charge in [0.05, 0.1) is 10.6 Å². The van der Waals surface area contributed by atoms with Gasteiger partial charge < -0.3 is 5.32 Å². The summed E-state index contributed by atoms with van der Waals surface area (Å²) in [5.74, 6) is -0.108. The number of amides is 1. The van der Waals surface area contributed by atoms with Gasteiger partial charge >= 0.3 is 0 Å². The maximum Gasteiger partial charge on any atom is 0.223 e. The zero-order chi connectivity index (χ0) is 14.7. The van der Waals surface area contributed by atoms with Crippen LogP contribution in [0.15, 0.2) is 60.7 Å². The molecule has 0 atom stereocenters. The van der Waals surface area contributed by atoms with Crippen molar-refractivity contribution in [1.29, 1.82) is 0 Å². The quantitative estimate of drug-likeness (QED) is 0.776. The van der Waals surface area contributed by atoms with E-state index in [1.165, 1.54) is 18.3 Å². The van der Waals surface area contributed by atoms with Crippen molar-refractivity contribution in [2.24, 2.45) is 0 Å². The summed E-state index contributed by atoms with van der Waals surface area (Å²) in [5, 5.41) is 3.40. The third kappa shape index (κ3) is 3.01. The van der Waals surface area contributed by atoms with Gasteiger partial charge in [-0.3, -0.25) is 4.79 Å². The average Bonchev–Trinajstić information content (AvgIpc) is 2.92. The molecule has 3 aromatic rings. The lowest BCUT2D eigenvalue weighted by atomic mass is 10.1. The minimum atomic E-state index is -0.108. The van der Waals surface area contributed by atoms with E-state index in [1.54, 1.807) is 0 Å². The van der Waals surface area contributed by atoms with Gasteiger partial charge in [-0.25, -0.2) is 4.98 Å². The highest BCUT2D eigenvalue weighted by molar-refractivity contribution is 7.19. The molecule has 0 fully saturated rings. The first-order valence-electron chi connectivity index (χ1n) is 6.63. The van der Waals surface area contributed by atoms with Gasteiger partial charge in [0.25, 0.3) is 0 Å². The van der Waals surface area contributed by atoms with Gasteiger partial charge in [-0.15, -0.1) is 0 Å². The Bertz CT molecular complexity index is 694. The van der Waals surface area contributed by atoms with Gasteiger partial charge in [0.15, 0.2) is 5.13 Å². The number of nitrogens with one attached hydrogen (secondary N) is 1. The molecular formula is C17H14N2OS. The molecule has 1 amide bonds. The number of nitrogens with zero attached hydrogens (tertiary/aromatic N) is 1. The normalized spacial score (nSPS) is 10.3. The maximum atomic E-state index is 11.3. The summed E-state index contributed by atoms with van der Waals surface area (Å²) < 4.78 is 0. The van der Waals surface area contributed by atoms with Crippen molar-refractivity contribution in [3.05, 3.63) is 60.7 Å². The molecule has 0 aliphatic heterocycles. The lowest BCUT2D eigenvalue weighted by molar-refractivity contribution is -0.114. The summed E-state index contributed by atoms with van der Waals surface area (Å²) in [5.41, 5.74) is 3.05. The molecule has 0 unspecified atom stereocenters. The topological polar surface area (TPSA) is 42.0 Å². The lowest BCUT2D eigenvalue weighted by Gasteiger charge is -2.02. The Balaban J connectivity index is 2.13. The Morgan fingerprint density at radius 3 is 2.10 bits per heavy atom. The van der Waals surface area contributed by atoms with Crippen molar-refractivity contribution in [2.45, 2.75) is 6.92 Å². The predicted molar refractivity (Wildman–Crippen MR) is 87.3 cm³/mol. The Kier molecular flexibility index (Phi) is 3.79. The number of hydrogen-bond acceptors (Lipinski definition) is 3. The van der Waals surface area contributed by atoms with Gasteiger partial charge in [-0.2, -0.15) is 0 Å². The summed E-state index contributed by atoms with van der Waals surface area (Å²) in [6, 6.07) is 20.1. The van der Waals surface area contributed by atoms with Crippen LogP contribution in [0.2, 0.25) is 0 Å². The second kappa shape index (κ2) is 5.89. The molecule has 21 heavy (non-hydrogen) atoms. The molecule has 4 heteroatoms. The zero-order valence-corrected chi connectivity index (χ0v) is 12.4. The predicted octanol–water partition coefficient (Wildman–Crippen LogP) is 4.44. The fraction of sp³-hybridized carbons (Fsp3) is 0.0588. The summed E-state index contributed by atoms with van der Waals surface area (Å²) in [4.78, 5) is 16.9. The molecule has 1 aromatic heterocycles. The van der Waals surface area contributed by atoms with Crippen molar-refractivity contribution in [3.63, 3.8) is 0 Å². The van der Waals surface area contributed by atoms with E-state index < -0.39 is 0 Å².